The molecule has 0 bridgehead atoms. The van der Waals surface area contributed by atoms with E-state index in [1.165, 1.54) is 27.2 Å². The number of hydrogen-bond donors (Lipinski definition) is 7. The molecule has 3 aliphatic carbocycles. The van der Waals surface area contributed by atoms with Crippen molar-refractivity contribution in [3.05, 3.63) is 68.4 Å². The van der Waals surface area contributed by atoms with Gasteiger partial charge in [0.25, 0.3) is 5.91 Å². The quantitative estimate of drug-likeness (QED) is 0.194. The molecule has 8 atom stereocenters. The van der Waals surface area contributed by atoms with E-state index in [1.807, 2.05) is 0 Å². The minimum Gasteiger partial charge on any atom is -0.507 e. The first-order valence-electron chi connectivity index (χ1n) is 15.1. The van der Waals surface area contributed by atoms with Gasteiger partial charge in [0.15, 0.2) is 23.2 Å². The molecule has 0 aromatic heterocycles. The highest BCUT2D eigenvalue weighted by Crippen LogP contribution is 2.56. The Bertz CT molecular complexity index is 1900. The van der Waals surface area contributed by atoms with Crippen LogP contribution < -0.4 is 11.1 Å². The molecule has 4 aliphatic rings. The molecule has 0 saturated carbocycles. The number of benzene rings is 2. The van der Waals surface area contributed by atoms with E-state index in [2.05, 4.69) is 5.32 Å². The van der Waals surface area contributed by atoms with Crippen molar-refractivity contribution < 1.29 is 68.5 Å². The van der Waals surface area contributed by atoms with Crippen LogP contribution in [0.1, 0.15) is 75.4 Å². The Morgan fingerprint density at radius 3 is 2.22 bits per heavy atom. The number of methoxy groups -OCH3 is 3. The van der Waals surface area contributed by atoms with E-state index in [4.69, 9.17) is 24.7 Å². The van der Waals surface area contributed by atoms with Crippen LogP contribution in [0.4, 0.5) is 0 Å². The summed E-state index contributed by atoms with van der Waals surface area (Å²) in [7, 11) is 3.57. The highest BCUT2D eigenvalue weighted by Gasteiger charge is 2.72. The Labute approximate surface area is 278 Å². The summed E-state index contributed by atoms with van der Waals surface area (Å²) in [5, 5.41) is 60.0. The number of aromatic hydroxyl groups is 2. The van der Waals surface area contributed by atoms with Crippen LogP contribution in [-0.2, 0) is 31.0 Å². The SMILES string of the molecule is CO[C@@H]1[C@@H](O)[C@@H](OC)[C@@H](NC2=CC(=O)c3c(cc4c(c3O)C(=O)[C@]3(OC)[C@H](O)Cc5cc(C)c(C(N)=O)c(O)c5[C@]3(O)C4=O)C2=O)O[C@H]1C. The number of aliphatic hydroxyl groups is 3. The molecule has 1 heterocycles. The van der Waals surface area contributed by atoms with Crippen molar-refractivity contribution in [2.45, 2.75) is 68.2 Å². The minimum atomic E-state index is -3.23. The first kappa shape index (κ1) is 34.3. The van der Waals surface area contributed by atoms with Crippen molar-refractivity contribution in [3.8, 4) is 11.5 Å². The van der Waals surface area contributed by atoms with E-state index in [9.17, 15) is 49.5 Å². The molecule has 260 valence electrons. The van der Waals surface area contributed by atoms with Crippen LogP contribution in [0.25, 0.3) is 0 Å². The summed E-state index contributed by atoms with van der Waals surface area (Å²) >= 11 is 0. The number of amides is 1. The molecule has 1 aliphatic heterocycles. The fraction of sp³-hybridized carbons (Fsp3) is 0.424. The van der Waals surface area contributed by atoms with E-state index in [-0.39, 0.29) is 16.8 Å². The number of primary amides is 1. The van der Waals surface area contributed by atoms with Gasteiger partial charge in [-0.3, -0.25) is 24.0 Å². The molecular formula is C33H34N2O14. The Hall–Kier alpha value is -4.55. The lowest BCUT2D eigenvalue weighted by Gasteiger charge is -2.52. The highest BCUT2D eigenvalue weighted by atomic mass is 16.6. The Morgan fingerprint density at radius 1 is 0.980 bits per heavy atom. The third-order valence-electron chi connectivity index (χ3n) is 10.0. The number of phenols is 2. The second kappa shape index (κ2) is 11.5. The maximum atomic E-state index is 14.5. The first-order chi connectivity index (χ1) is 23.0. The molecule has 2 aromatic rings. The zero-order valence-corrected chi connectivity index (χ0v) is 26.9. The van der Waals surface area contributed by atoms with E-state index in [1.54, 1.807) is 6.92 Å². The van der Waals surface area contributed by atoms with Crippen molar-refractivity contribution in [3.63, 3.8) is 0 Å². The number of fused-ring (bicyclic) bond motifs is 5. The lowest BCUT2D eigenvalue weighted by atomic mass is 9.56. The number of hydrogen-bond acceptors (Lipinski definition) is 15. The summed E-state index contributed by atoms with van der Waals surface area (Å²) in [6.07, 6.45) is -6.56. The number of aliphatic hydroxyl groups excluding tert-OH is 2. The number of aryl methyl sites for hydroxylation is 1. The van der Waals surface area contributed by atoms with Crippen LogP contribution in [-0.4, -0.2) is 118 Å². The molecule has 1 fully saturated rings. The molecule has 0 unspecified atom stereocenters. The molecule has 8 N–H and O–H groups in total. The molecule has 0 radical (unpaired) electrons. The number of nitrogens with two attached hydrogens (primary N) is 1. The van der Waals surface area contributed by atoms with Crippen LogP contribution in [0.15, 0.2) is 23.9 Å². The second-order valence-corrected chi connectivity index (χ2v) is 12.5. The fourth-order valence-corrected chi connectivity index (χ4v) is 7.80. The van der Waals surface area contributed by atoms with Gasteiger partial charge >= 0.3 is 0 Å². The monoisotopic (exact) mass is 682 g/mol. The van der Waals surface area contributed by atoms with E-state index in [0.717, 1.165) is 19.3 Å². The number of nitrogens with one attached hydrogen (secondary N) is 1. The zero-order valence-electron chi connectivity index (χ0n) is 26.9. The van der Waals surface area contributed by atoms with Gasteiger partial charge in [-0.2, -0.15) is 0 Å². The van der Waals surface area contributed by atoms with Gasteiger partial charge in [0.2, 0.25) is 17.3 Å². The molecule has 16 nitrogen and oxygen atoms in total. The van der Waals surface area contributed by atoms with E-state index in [0.29, 0.717) is 0 Å². The second-order valence-electron chi connectivity index (χ2n) is 12.5. The standard InChI is InChI=1S/C33H34N2O14/c1-10-6-12-7-17(37)33(48-5)29(43)20-14(28(42)32(33,45)21(12)24(40)18(10)30(34)44)8-13-19(23(20)39)16(36)9-15(22(13)38)35-31-27(47-4)25(41)26(46-3)11(2)49-31/h6,8-9,11,17,25-27,31,35,37,39-41,45H,7H2,1-5H3,(H2,34,44)/t11-,17+,25+,26-,27+,31-,32-,33+/m0/s1. The minimum absolute atomic E-state index is 0.0116. The van der Waals surface area contributed by atoms with Crippen molar-refractivity contribution in [1.82, 2.24) is 5.32 Å². The predicted octanol–water partition coefficient (Wildman–Crippen LogP) is -0.938. The smallest absolute Gasteiger partial charge is 0.252 e. The fourth-order valence-electron chi connectivity index (χ4n) is 7.80. The number of allylic oxidation sites excluding steroid dienone is 2. The molecule has 49 heavy (non-hydrogen) atoms. The Morgan fingerprint density at radius 2 is 1.63 bits per heavy atom. The maximum Gasteiger partial charge on any atom is 0.252 e. The third kappa shape index (κ3) is 4.32. The molecule has 2 aromatic carbocycles. The molecule has 1 amide bonds. The van der Waals surface area contributed by atoms with Crippen molar-refractivity contribution >= 4 is 29.0 Å². The number of rotatable bonds is 6. The molecule has 1 saturated heterocycles. The molecular weight excluding hydrogens is 648 g/mol. The first-order valence-corrected chi connectivity index (χ1v) is 15.1. The number of carbonyl (C=O) groups excluding carboxylic acids is 5. The molecule has 6 rings (SSSR count). The van der Waals surface area contributed by atoms with Gasteiger partial charge in [-0.1, -0.05) is 6.07 Å². The summed E-state index contributed by atoms with van der Waals surface area (Å²) in [5.74, 6) is -7.79. The van der Waals surface area contributed by atoms with Gasteiger partial charge in [-0.05, 0) is 31.0 Å². The van der Waals surface area contributed by atoms with Gasteiger partial charge in [-0.15, -0.1) is 0 Å². The van der Waals surface area contributed by atoms with Crippen LogP contribution in [0.2, 0.25) is 0 Å². The summed E-state index contributed by atoms with van der Waals surface area (Å²) in [5.41, 5.74) is -4.73. The molecule has 16 heteroatoms. The highest BCUT2D eigenvalue weighted by molar-refractivity contribution is 6.31. The average Bonchev–Trinajstić information content (AvgIpc) is 3.02. The summed E-state index contributed by atoms with van der Waals surface area (Å²) in [6, 6.07) is 2.15. The van der Waals surface area contributed by atoms with Crippen molar-refractivity contribution in [1.29, 1.82) is 0 Å². The summed E-state index contributed by atoms with van der Waals surface area (Å²) in [4.78, 5) is 68.5. The number of ether oxygens (including phenoxy) is 4. The lowest BCUT2D eigenvalue weighted by molar-refractivity contribution is -0.236. The maximum absolute atomic E-state index is 14.5. The summed E-state index contributed by atoms with van der Waals surface area (Å²) < 4.78 is 22.0. The normalized spacial score (nSPS) is 32.1. The lowest BCUT2D eigenvalue weighted by Crippen LogP contribution is -2.73. The number of phenolic OH excluding ortho intramolecular Hbond substituents is 1. The van der Waals surface area contributed by atoms with E-state index < -0.39 is 128 Å². The van der Waals surface area contributed by atoms with Crippen molar-refractivity contribution in [2.75, 3.05) is 21.3 Å². The topological polar surface area (TPSA) is 261 Å². The van der Waals surface area contributed by atoms with Crippen LogP contribution in [0.3, 0.4) is 0 Å². The number of ketones is 4. The van der Waals surface area contributed by atoms with E-state index >= 15 is 0 Å². The van der Waals surface area contributed by atoms with Gasteiger partial charge in [0.1, 0.15) is 29.8 Å². The predicted molar refractivity (Wildman–Crippen MR) is 163 cm³/mol. The van der Waals surface area contributed by atoms with Gasteiger partial charge < -0.3 is 55.5 Å². The van der Waals surface area contributed by atoms with Crippen LogP contribution in [0, 0.1) is 6.92 Å². The number of Topliss-reactive ketones (excluding diaryl/α,β-unsaturated/α-hetero) is 3. The number of carbonyl (C=O) groups is 5. The largest absolute Gasteiger partial charge is 0.507 e. The summed E-state index contributed by atoms with van der Waals surface area (Å²) in [6.45, 7) is 3.04. The van der Waals surface area contributed by atoms with Gasteiger partial charge in [0, 0.05) is 50.5 Å². The van der Waals surface area contributed by atoms with Crippen molar-refractivity contribution in [2.24, 2.45) is 5.73 Å². The molecule has 0 spiro atoms. The van der Waals surface area contributed by atoms with Gasteiger partial charge in [0.05, 0.1) is 34.6 Å². The Balaban J connectivity index is 1.51. The van der Waals surface area contributed by atoms with Crippen LogP contribution in [0.5, 0.6) is 11.5 Å². The zero-order chi connectivity index (χ0) is 36.1. The third-order valence-corrected chi connectivity index (χ3v) is 10.0. The Kier molecular flexibility index (Phi) is 8.07. The average molecular weight is 683 g/mol. The van der Waals surface area contributed by atoms with Crippen LogP contribution >= 0.6 is 0 Å². The van der Waals surface area contributed by atoms with Gasteiger partial charge in [-0.25, -0.2) is 0 Å².